The van der Waals surface area contributed by atoms with E-state index in [-0.39, 0.29) is 49.8 Å². The van der Waals surface area contributed by atoms with Crippen LogP contribution in [-0.2, 0) is 51.9 Å². The van der Waals surface area contributed by atoms with Crippen LogP contribution in [0, 0.1) is 10.8 Å². The summed E-state index contributed by atoms with van der Waals surface area (Å²) in [7, 11) is 0. The van der Waals surface area contributed by atoms with Crippen molar-refractivity contribution in [2.24, 2.45) is 10.8 Å². The number of alkyl halides is 3. The third-order valence-corrected chi connectivity index (χ3v) is 4.88. The Morgan fingerprint density at radius 1 is 0.892 bits per heavy atom. The summed E-state index contributed by atoms with van der Waals surface area (Å²) in [6, 6.07) is 0. The van der Waals surface area contributed by atoms with Gasteiger partial charge in [-0.25, -0.2) is 0 Å². The van der Waals surface area contributed by atoms with Gasteiger partial charge in [0, 0.05) is 25.5 Å². The fourth-order valence-corrected chi connectivity index (χ4v) is 1.38. The Kier molecular flexibility index (Phi) is 28.8. The van der Waals surface area contributed by atoms with Gasteiger partial charge in [-0.1, -0.05) is 20.8 Å². The average Bonchev–Trinajstić information content (AvgIpc) is 2.77. The van der Waals surface area contributed by atoms with Crippen LogP contribution < -0.4 is 0 Å². The van der Waals surface area contributed by atoms with Crippen LogP contribution in [0.25, 0.3) is 0 Å². The normalized spacial score (nSPS) is 12.2. The van der Waals surface area contributed by atoms with Crippen LogP contribution in [0.4, 0.5) is 13.2 Å². The van der Waals surface area contributed by atoms with Gasteiger partial charge < -0.3 is 24.1 Å². The first kappa shape index (κ1) is 45.3. The number of ether oxygens (including phenoxy) is 3. The molecule has 8 nitrogen and oxygen atoms in total. The maximum atomic E-state index is 12.0. The first-order valence-corrected chi connectivity index (χ1v) is 11.8. The SMILES string of the molecule is CCC(C)(C)C(=O)OC(C)C(F)(F)F.CCC(C)(C)C(=O)OCCO.CCC(C)OC(C)=O.C[C-]=O.[V]. The molecule has 0 saturated heterocycles. The van der Waals surface area contributed by atoms with E-state index in [4.69, 9.17) is 19.4 Å². The molecule has 1 N–H and O–H groups in total. The van der Waals surface area contributed by atoms with E-state index in [1.807, 2.05) is 34.6 Å². The smallest absolute Gasteiger partial charge is 0.425 e. The molecule has 0 aliphatic rings. The Balaban J connectivity index is -0.000000133. The number of carbonyl (C=O) groups is 3. The monoisotopic (exact) mass is 582 g/mol. The van der Waals surface area contributed by atoms with Gasteiger partial charge in [-0.2, -0.15) is 20.1 Å². The number of halogens is 3. The fourth-order valence-electron chi connectivity index (χ4n) is 1.38. The third-order valence-electron chi connectivity index (χ3n) is 4.88. The maximum absolute atomic E-state index is 12.0. The van der Waals surface area contributed by atoms with E-state index in [1.165, 1.54) is 20.1 Å². The second kappa shape index (κ2) is 23.5. The molecule has 0 heterocycles. The van der Waals surface area contributed by atoms with Crippen molar-refractivity contribution in [3.63, 3.8) is 0 Å². The maximum Gasteiger partial charge on any atom is 0.425 e. The molecule has 0 fully saturated rings. The van der Waals surface area contributed by atoms with Crippen LogP contribution in [0.5, 0.6) is 0 Å². The molecule has 0 aliphatic heterocycles. The van der Waals surface area contributed by atoms with Gasteiger partial charge in [0.05, 0.1) is 23.5 Å². The summed E-state index contributed by atoms with van der Waals surface area (Å²) in [6.07, 6.45) is -2.87. The summed E-state index contributed by atoms with van der Waals surface area (Å²) >= 11 is 0. The molecule has 2 atom stereocenters. The summed E-state index contributed by atoms with van der Waals surface area (Å²) in [5, 5.41) is 8.38. The summed E-state index contributed by atoms with van der Waals surface area (Å²) in [5.41, 5.74) is -1.28. The molecule has 0 aromatic carbocycles. The minimum absolute atomic E-state index is 0. The number of aliphatic hydroxyl groups excluding tert-OH is 1. The van der Waals surface area contributed by atoms with Crippen molar-refractivity contribution in [3.05, 3.63) is 0 Å². The topological polar surface area (TPSA) is 116 Å². The van der Waals surface area contributed by atoms with Gasteiger partial charge in [0.1, 0.15) is 6.61 Å². The first-order chi connectivity index (χ1) is 16.2. The predicted octanol–water partition coefficient (Wildman–Crippen LogP) is 5.34. The van der Waals surface area contributed by atoms with Crippen LogP contribution in [0.3, 0.4) is 0 Å². The zero-order valence-corrected chi connectivity index (χ0v) is 25.5. The molecule has 37 heavy (non-hydrogen) atoms. The summed E-state index contributed by atoms with van der Waals surface area (Å²) < 4.78 is 49.9. The number of esters is 3. The largest absolute Gasteiger partial charge is 0.542 e. The van der Waals surface area contributed by atoms with E-state index in [2.05, 4.69) is 4.74 Å². The molecule has 221 valence electrons. The molecule has 0 aromatic heterocycles. The van der Waals surface area contributed by atoms with Gasteiger partial charge in [0.25, 0.3) is 0 Å². The molecule has 0 rings (SSSR count). The van der Waals surface area contributed by atoms with Crippen molar-refractivity contribution >= 4 is 24.2 Å². The molecule has 12 heteroatoms. The molecule has 1 radical (unpaired) electrons. The number of hydrogen-bond acceptors (Lipinski definition) is 8. The van der Waals surface area contributed by atoms with E-state index in [1.54, 1.807) is 20.8 Å². The van der Waals surface area contributed by atoms with E-state index < -0.39 is 29.1 Å². The Morgan fingerprint density at radius 2 is 1.27 bits per heavy atom. The minimum Gasteiger partial charge on any atom is -0.542 e. The molecule has 0 aliphatic carbocycles. The Morgan fingerprint density at radius 3 is 1.51 bits per heavy atom. The standard InChI is InChI=1S/C9H15F3O2.C8H16O3.C6H12O2.C2H3O.V/c1-5-8(3,4)7(13)14-6(2)9(10,11)12;1-4-8(2,3)7(10)11-6-5-9;1-4-5(2)8-6(3)7;1-2-3;/h6H,5H2,1-4H3;9H,4-6H2,1-3H3;5H,4H2,1-3H3;1H3;/q;;;-1;. The molecule has 0 amide bonds. The van der Waals surface area contributed by atoms with E-state index in [9.17, 15) is 27.6 Å². The van der Waals surface area contributed by atoms with Crippen molar-refractivity contribution in [2.45, 2.75) is 114 Å². The molecule has 0 spiro atoms. The number of hydrogen-bond donors (Lipinski definition) is 1. The van der Waals surface area contributed by atoms with Crippen LogP contribution in [0.15, 0.2) is 0 Å². The molecule has 0 bridgehead atoms. The third kappa shape index (κ3) is 27.3. The van der Waals surface area contributed by atoms with Gasteiger partial charge in [-0.05, 0) is 60.8 Å². The minimum atomic E-state index is -4.49. The van der Waals surface area contributed by atoms with Crippen molar-refractivity contribution in [3.8, 4) is 0 Å². The Hall–Kier alpha value is -1.59. The molecule has 0 aromatic rings. The fraction of sp³-hybridized carbons (Fsp3) is 0.840. The molecule has 0 saturated carbocycles. The van der Waals surface area contributed by atoms with E-state index >= 15 is 0 Å². The van der Waals surface area contributed by atoms with Gasteiger partial charge in [0.15, 0.2) is 6.10 Å². The van der Waals surface area contributed by atoms with Gasteiger partial charge >= 0.3 is 24.1 Å². The summed E-state index contributed by atoms with van der Waals surface area (Å²) in [5.74, 6) is -1.25. The molecule has 2 unspecified atom stereocenters. The second-order valence-corrected chi connectivity index (χ2v) is 8.96. The van der Waals surface area contributed by atoms with Gasteiger partial charge in [-0.15, -0.1) is 0 Å². The van der Waals surface area contributed by atoms with Gasteiger partial charge in [0.2, 0.25) is 0 Å². The zero-order chi connectivity index (χ0) is 29.8. The van der Waals surface area contributed by atoms with E-state index in [0.717, 1.165) is 19.8 Å². The van der Waals surface area contributed by atoms with Crippen LogP contribution in [0.1, 0.15) is 95.4 Å². The quantitative estimate of drug-likeness (QED) is 0.220. The van der Waals surface area contributed by atoms with Crippen molar-refractivity contribution in [1.82, 2.24) is 0 Å². The van der Waals surface area contributed by atoms with Crippen LogP contribution in [-0.4, -0.2) is 60.9 Å². The molecular formula is C25H46F3O8V-. The van der Waals surface area contributed by atoms with Crippen LogP contribution >= 0.6 is 0 Å². The summed E-state index contributed by atoms with van der Waals surface area (Å²) in [6.45, 7) is 17.8. The van der Waals surface area contributed by atoms with Crippen molar-refractivity contribution in [2.75, 3.05) is 13.2 Å². The number of aliphatic hydroxyl groups is 1. The number of carbonyl (C=O) groups excluding carboxylic acids is 4. The average molecular weight is 583 g/mol. The van der Waals surface area contributed by atoms with Crippen LogP contribution in [0.2, 0.25) is 0 Å². The second-order valence-electron chi connectivity index (χ2n) is 8.96. The first-order valence-electron chi connectivity index (χ1n) is 11.8. The zero-order valence-electron chi connectivity index (χ0n) is 24.1. The molecular weight excluding hydrogens is 536 g/mol. The van der Waals surface area contributed by atoms with Gasteiger partial charge in [-0.3, -0.25) is 20.7 Å². The number of rotatable bonds is 9. The summed E-state index contributed by atoms with van der Waals surface area (Å²) in [4.78, 5) is 41.2. The predicted molar refractivity (Wildman–Crippen MR) is 131 cm³/mol. The van der Waals surface area contributed by atoms with Crippen molar-refractivity contribution in [1.29, 1.82) is 0 Å². The Labute approximate surface area is 232 Å². The Bertz CT molecular complexity index is 624. The van der Waals surface area contributed by atoms with E-state index in [0.29, 0.717) is 6.42 Å². The van der Waals surface area contributed by atoms with Crippen molar-refractivity contribution < 1.29 is 70.2 Å².